The Labute approximate surface area is 224 Å². The molecule has 1 aliphatic heterocycles. The molecule has 11 heteroatoms. The number of thiazole rings is 1. The fourth-order valence-corrected chi connectivity index (χ4v) is 5.27. The summed E-state index contributed by atoms with van der Waals surface area (Å²) in [6, 6.07) is 16.8. The van der Waals surface area contributed by atoms with E-state index in [4.69, 9.17) is 9.97 Å². The predicted molar refractivity (Wildman–Crippen MR) is 149 cm³/mol. The van der Waals surface area contributed by atoms with Crippen molar-refractivity contribution in [3.63, 3.8) is 0 Å². The van der Waals surface area contributed by atoms with Crippen LogP contribution in [0.1, 0.15) is 20.9 Å². The second kappa shape index (κ2) is 11.2. The van der Waals surface area contributed by atoms with Crippen LogP contribution in [0.2, 0.25) is 0 Å². The number of benzene rings is 2. The maximum Gasteiger partial charge on any atom is 0.255 e. The number of carbonyl (C=O) groups excluding carboxylic acids is 1. The zero-order valence-electron chi connectivity index (χ0n) is 20.9. The summed E-state index contributed by atoms with van der Waals surface area (Å²) in [5, 5.41) is 7.56. The molecule has 3 heterocycles. The first kappa shape index (κ1) is 25.1. The molecule has 1 saturated heterocycles. The van der Waals surface area contributed by atoms with Crippen LogP contribution in [-0.4, -0.2) is 64.0 Å². The second-order valence-electron chi connectivity index (χ2n) is 8.76. The molecule has 2 aromatic carbocycles. The minimum Gasteiger partial charge on any atom is -0.338 e. The molecule has 9 nitrogen and oxygen atoms in total. The van der Waals surface area contributed by atoms with Gasteiger partial charge in [-0.2, -0.15) is 15.0 Å². The zero-order valence-corrected chi connectivity index (χ0v) is 22.6. The van der Waals surface area contributed by atoms with Gasteiger partial charge in [0.15, 0.2) is 10.3 Å². The molecule has 0 bridgehead atoms. The van der Waals surface area contributed by atoms with Crippen LogP contribution in [0.15, 0.2) is 64.6 Å². The molecular formula is C26H28N8OS2. The highest BCUT2D eigenvalue weighted by molar-refractivity contribution is 7.99. The van der Waals surface area contributed by atoms with E-state index in [1.807, 2.05) is 49.4 Å². The number of hydrogen-bond donors (Lipinski definition) is 2. The van der Waals surface area contributed by atoms with Crippen LogP contribution in [0, 0.1) is 13.8 Å². The molecule has 1 fully saturated rings. The maximum absolute atomic E-state index is 12.4. The SMILES string of the molecule is Cc1nc(Nc2nc(Sc3ccc(NC(=O)c4ccccc4)cc3)nc(N3CCN(C)CC3)n2)sc1C. The Balaban J connectivity index is 1.34. The molecule has 2 N–H and O–H groups in total. The largest absolute Gasteiger partial charge is 0.338 e. The van der Waals surface area contributed by atoms with E-state index >= 15 is 0 Å². The number of nitrogens with zero attached hydrogens (tertiary/aromatic N) is 6. The number of anilines is 4. The molecule has 0 spiro atoms. The number of nitrogens with one attached hydrogen (secondary N) is 2. The fraction of sp³-hybridized carbons (Fsp3) is 0.269. The van der Waals surface area contributed by atoms with Crippen LogP contribution in [0.5, 0.6) is 0 Å². The molecule has 0 aliphatic carbocycles. The van der Waals surface area contributed by atoms with Gasteiger partial charge in [-0.3, -0.25) is 10.1 Å². The normalized spacial score (nSPS) is 14.0. The summed E-state index contributed by atoms with van der Waals surface area (Å²) >= 11 is 3.04. The third-order valence-corrected chi connectivity index (χ3v) is 7.86. The van der Waals surface area contributed by atoms with Crippen LogP contribution in [0.3, 0.4) is 0 Å². The van der Waals surface area contributed by atoms with Crippen molar-refractivity contribution in [2.45, 2.75) is 23.9 Å². The number of carbonyl (C=O) groups is 1. The van der Waals surface area contributed by atoms with Gasteiger partial charge in [0.2, 0.25) is 11.9 Å². The van der Waals surface area contributed by atoms with Gasteiger partial charge in [-0.1, -0.05) is 18.2 Å². The summed E-state index contributed by atoms with van der Waals surface area (Å²) in [6.07, 6.45) is 0. The van der Waals surface area contributed by atoms with Gasteiger partial charge in [-0.25, -0.2) is 4.98 Å². The molecule has 37 heavy (non-hydrogen) atoms. The van der Waals surface area contributed by atoms with Crippen molar-refractivity contribution in [2.75, 3.05) is 48.8 Å². The Morgan fingerprint density at radius 3 is 2.32 bits per heavy atom. The van der Waals surface area contributed by atoms with Crippen molar-refractivity contribution in [3.05, 3.63) is 70.7 Å². The highest BCUT2D eigenvalue weighted by atomic mass is 32.2. The topological polar surface area (TPSA) is 99.2 Å². The molecule has 5 rings (SSSR count). The average Bonchev–Trinajstić information content (AvgIpc) is 3.22. The summed E-state index contributed by atoms with van der Waals surface area (Å²) in [4.78, 5) is 37.8. The van der Waals surface area contributed by atoms with Gasteiger partial charge in [0, 0.05) is 47.2 Å². The Morgan fingerprint density at radius 1 is 0.919 bits per heavy atom. The quantitative estimate of drug-likeness (QED) is 0.346. The number of aryl methyl sites for hydroxylation is 2. The third-order valence-electron chi connectivity index (χ3n) is 5.99. The van der Waals surface area contributed by atoms with Crippen molar-refractivity contribution in [3.8, 4) is 0 Å². The van der Waals surface area contributed by atoms with E-state index in [0.29, 0.717) is 22.6 Å². The number of rotatable bonds is 7. The van der Waals surface area contributed by atoms with Crippen molar-refractivity contribution in [2.24, 2.45) is 0 Å². The second-order valence-corrected chi connectivity index (χ2v) is 11.0. The van der Waals surface area contributed by atoms with Crippen molar-refractivity contribution >= 4 is 51.7 Å². The molecule has 1 aliphatic rings. The van der Waals surface area contributed by atoms with Crippen LogP contribution >= 0.6 is 23.1 Å². The molecule has 0 saturated carbocycles. The highest BCUT2D eigenvalue weighted by Crippen LogP contribution is 2.30. The summed E-state index contributed by atoms with van der Waals surface area (Å²) in [5.41, 5.74) is 2.34. The molecule has 1 amide bonds. The smallest absolute Gasteiger partial charge is 0.255 e. The molecule has 0 radical (unpaired) electrons. The van der Waals surface area contributed by atoms with Gasteiger partial charge in [0.05, 0.1) is 5.69 Å². The van der Waals surface area contributed by atoms with Gasteiger partial charge < -0.3 is 15.1 Å². The zero-order chi connectivity index (χ0) is 25.8. The lowest BCUT2D eigenvalue weighted by atomic mass is 10.2. The number of amides is 1. The van der Waals surface area contributed by atoms with Gasteiger partial charge in [0.25, 0.3) is 5.91 Å². The van der Waals surface area contributed by atoms with Gasteiger partial charge >= 0.3 is 0 Å². The first-order chi connectivity index (χ1) is 17.9. The van der Waals surface area contributed by atoms with E-state index in [9.17, 15) is 4.79 Å². The van der Waals surface area contributed by atoms with Crippen LogP contribution in [-0.2, 0) is 0 Å². The molecule has 190 valence electrons. The summed E-state index contributed by atoms with van der Waals surface area (Å²) < 4.78 is 0. The van der Waals surface area contributed by atoms with E-state index in [1.54, 1.807) is 23.5 Å². The lowest BCUT2D eigenvalue weighted by molar-refractivity contribution is 0.102. The fourth-order valence-electron chi connectivity index (χ4n) is 3.72. The first-order valence-electron chi connectivity index (χ1n) is 12.0. The standard InChI is InChI=1S/C26H28N8OS2/c1-17-18(2)36-25(27-17)30-23-29-24(34-15-13-33(3)14-16-34)32-26(31-23)37-21-11-9-20(10-12-21)28-22(35)19-7-5-4-6-8-19/h4-12H,13-16H2,1-3H3,(H,28,35)(H,27,29,30,31,32). The average molecular weight is 533 g/mol. The number of piperazine rings is 1. The van der Waals surface area contributed by atoms with E-state index in [2.05, 4.69) is 44.4 Å². The van der Waals surface area contributed by atoms with Crippen molar-refractivity contribution in [1.29, 1.82) is 0 Å². The summed E-state index contributed by atoms with van der Waals surface area (Å²) in [5.74, 6) is 0.996. The predicted octanol–water partition coefficient (Wildman–Crippen LogP) is 4.84. The maximum atomic E-state index is 12.4. The van der Waals surface area contributed by atoms with Gasteiger partial charge in [0.1, 0.15) is 0 Å². The first-order valence-corrected chi connectivity index (χ1v) is 13.6. The lowest BCUT2D eigenvalue weighted by Gasteiger charge is -2.32. The van der Waals surface area contributed by atoms with E-state index in [-0.39, 0.29) is 5.91 Å². The summed E-state index contributed by atoms with van der Waals surface area (Å²) in [6.45, 7) is 7.67. The van der Waals surface area contributed by atoms with Gasteiger partial charge in [-0.15, -0.1) is 11.3 Å². The summed E-state index contributed by atoms with van der Waals surface area (Å²) in [7, 11) is 2.12. The third kappa shape index (κ3) is 6.43. The highest BCUT2D eigenvalue weighted by Gasteiger charge is 2.19. The van der Waals surface area contributed by atoms with Crippen LogP contribution in [0.4, 0.5) is 22.7 Å². The van der Waals surface area contributed by atoms with E-state index in [1.165, 1.54) is 11.8 Å². The molecule has 2 aromatic heterocycles. The minimum absolute atomic E-state index is 0.140. The molecular weight excluding hydrogens is 504 g/mol. The Morgan fingerprint density at radius 2 is 1.65 bits per heavy atom. The van der Waals surface area contributed by atoms with Crippen molar-refractivity contribution in [1.82, 2.24) is 24.8 Å². The number of likely N-dealkylation sites (N-methyl/N-ethyl adjacent to an activating group) is 1. The monoisotopic (exact) mass is 532 g/mol. The van der Waals surface area contributed by atoms with Crippen LogP contribution < -0.4 is 15.5 Å². The Bertz CT molecular complexity index is 1350. The molecule has 0 atom stereocenters. The van der Waals surface area contributed by atoms with Gasteiger partial charge in [-0.05, 0) is 69.1 Å². The van der Waals surface area contributed by atoms with Crippen LogP contribution in [0.25, 0.3) is 0 Å². The molecule has 4 aromatic rings. The number of hydrogen-bond acceptors (Lipinski definition) is 10. The Hall–Kier alpha value is -3.54. The number of aromatic nitrogens is 4. The van der Waals surface area contributed by atoms with Crippen molar-refractivity contribution < 1.29 is 4.79 Å². The van der Waals surface area contributed by atoms with E-state index < -0.39 is 0 Å². The Kier molecular flexibility index (Phi) is 7.63. The minimum atomic E-state index is -0.140. The lowest BCUT2D eigenvalue weighted by Crippen LogP contribution is -2.45. The van der Waals surface area contributed by atoms with E-state index in [0.717, 1.165) is 52.5 Å². The molecule has 0 unspecified atom stereocenters.